The lowest BCUT2D eigenvalue weighted by Gasteiger charge is -2.18. The van der Waals surface area contributed by atoms with E-state index in [0.29, 0.717) is 5.92 Å². The van der Waals surface area contributed by atoms with Gasteiger partial charge in [0.25, 0.3) is 0 Å². The Bertz CT molecular complexity index is 371. The Morgan fingerprint density at radius 3 is 2.58 bits per heavy atom. The molecule has 0 bridgehead atoms. The third-order valence-corrected chi connectivity index (χ3v) is 5.38. The molecule has 1 saturated carbocycles. The average Bonchev–Trinajstić information content (AvgIpc) is 2.87. The second kappa shape index (κ2) is 7.35. The van der Waals surface area contributed by atoms with Gasteiger partial charge in [0, 0.05) is 10.9 Å². The van der Waals surface area contributed by atoms with Crippen molar-refractivity contribution < 1.29 is 0 Å². The van der Waals surface area contributed by atoms with Gasteiger partial charge in [-0.1, -0.05) is 32.4 Å². The van der Waals surface area contributed by atoms with Crippen LogP contribution in [0, 0.1) is 5.92 Å². The highest BCUT2D eigenvalue weighted by Crippen LogP contribution is 2.31. The fourth-order valence-corrected chi connectivity index (χ4v) is 4.02. The molecule has 1 aliphatic carbocycles. The first-order valence-corrected chi connectivity index (χ1v) is 8.59. The minimum atomic E-state index is 0.633. The molecule has 2 rings (SSSR count). The van der Waals surface area contributed by atoms with Crippen LogP contribution in [0.2, 0.25) is 0 Å². The highest BCUT2D eigenvalue weighted by atomic mass is 32.2. The lowest BCUT2D eigenvalue weighted by Crippen LogP contribution is -2.29. The summed E-state index contributed by atoms with van der Waals surface area (Å²) in [7, 11) is 2.11. The van der Waals surface area contributed by atoms with Crippen LogP contribution in [-0.4, -0.2) is 18.8 Å². The van der Waals surface area contributed by atoms with E-state index in [2.05, 4.69) is 50.5 Å². The third kappa shape index (κ3) is 4.25. The molecule has 2 atom stereocenters. The molecule has 1 fully saturated rings. The van der Waals surface area contributed by atoms with Crippen LogP contribution >= 0.6 is 11.8 Å². The van der Waals surface area contributed by atoms with Crippen LogP contribution in [0.25, 0.3) is 0 Å². The first-order valence-electron chi connectivity index (χ1n) is 7.60. The smallest absolute Gasteiger partial charge is 0.00926 e. The Hall–Kier alpha value is -0.470. The summed E-state index contributed by atoms with van der Waals surface area (Å²) >= 11 is 2.01. The molecular formula is C17H27NS. The Balaban J connectivity index is 1.76. The van der Waals surface area contributed by atoms with Crippen molar-refractivity contribution in [1.82, 2.24) is 5.32 Å². The third-order valence-electron chi connectivity index (χ3n) is 4.33. The van der Waals surface area contributed by atoms with Gasteiger partial charge in [-0.15, -0.1) is 11.8 Å². The van der Waals surface area contributed by atoms with Crippen molar-refractivity contribution in [3.8, 4) is 0 Å². The Morgan fingerprint density at radius 1 is 1.21 bits per heavy atom. The van der Waals surface area contributed by atoms with E-state index >= 15 is 0 Å². The molecule has 0 radical (unpaired) electrons. The zero-order chi connectivity index (χ0) is 13.7. The lowest BCUT2D eigenvalue weighted by molar-refractivity contribution is 0.417. The fraction of sp³-hybridized carbons (Fsp3) is 0.647. The standard InChI is InChI=1S/C17H27NS/c1-13(2)14-7-9-16(10-8-14)19-12-11-15-5-4-6-17(15)18-3/h7-10,13,15,17-18H,4-6,11-12H2,1-3H3. The van der Waals surface area contributed by atoms with Gasteiger partial charge in [0.1, 0.15) is 0 Å². The van der Waals surface area contributed by atoms with Gasteiger partial charge in [-0.05, 0) is 61.6 Å². The predicted molar refractivity (Wildman–Crippen MR) is 86.1 cm³/mol. The van der Waals surface area contributed by atoms with Crippen molar-refractivity contribution >= 4 is 11.8 Å². The highest BCUT2D eigenvalue weighted by Gasteiger charge is 2.25. The van der Waals surface area contributed by atoms with E-state index < -0.39 is 0 Å². The largest absolute Gasteiger partial charge is 0.317 e. The number of benzene rings is 1. The lowest BCUT2D eigenvalue weighted by atomic mass is 10.0. The van der Waals surface area contributed by atoms with Gasteiger partial charge in [-0.2, -0.15) is 0 Å². The molecule has 1 aliphatic rings. The highest BCUT2D eigenvalue weighted by molar-refractivity contribution is 7.99. The molecule has 1 N–H and O–H groups in total. The SMILES string of the molecule is CNC1CCCC1CCSc1ccc(C(C)C)cc1. The molecular weight excluding hydrogens is 250 g/mol. The van der Waals surface area contributed by atoms with Crippen molar-refractivity contribution in [1.29, 1.82) is 0 Å². The van der Waals surface area contributed by atoms with E-state index in [-0.39, 0.29) is 0 Å². The number of rotatable bonds is 6. The molecule has 1 aromatic rings. The van der Waals surface area contributed by atoms with Gasteiger partial charge >= 0.3 is 0 Å². The first-order chi connectivity index (χ1) is 9.20. The van der Waals surface area contributed by atoms with Gasteiger partial charge in [0.2, 0.25) is 0 Å². The normalized spacial score (nSPS) is 23.2. The Kier molecular flexibility index (Phi) is 5.77. The first kappa shape index (κ1) is 14.9. The number of thioether (sulfide) groups is 1. The van der Waals surface area contributed by atoms with Crippen molar-refractivity contribution in [2.75, 3.05) is 12.8 Å². The molecule has 19 heavy (non-hydrogen) atoms. The molecule has 106 valence electrons. The van der Waals surface area contributed by atoms with E-state index in [1.807, 2.05) is 11.8 Å². The maximum absolute atomic E-state index is 3.47. The molecule has 1 nitrogen and oxygen atoms in total. The topological polar surface area (TPSA) is 12.0 Å². The molecule has 2 heteroatoms. The number of hydrogen-bond donors (Lipinski definition) is 1. The molecule has 0 heterocycles. The van der Waals surface area contributed by atoms with E-state index in [0.717, 1.165) is 12.0 Å². The maximum atomic E-state index is 3.47. The van der Waals surface area contributed by atoms with E-state index in [4.69, 9.17) is 0 Å². The summed E-state index contributed by atoms with van der Waals surface area (Å²) in [5.74, 6) is 2.78. The minimum Gasteiger partial charge on any atom is -0.317 e. The van der Waals surface area contributed by atoms with Crippen LogP contribution in [0.5, 0.6) is 0 Å². The molecule has 0 spiro atoms. The van der Waals surface area contributed by atoms with Crippen LogP contribution in [0.15, 0.2) is 29.2 Å². The predicted octanol–water partition coefficient (Wildman–Crippen LogP) is 4.68. The summed E-state index contributed by atoms with van der Waals surface area (Å²) in [6, 6.07) is 9.88. The number of nitrogens with one attached hydrogen (secondary N) is 1. The van der Waals surface area contributed by atoms with Gasteiger partial charge in [-0.25, -0.2) is 0 Å². The van der Waals surface area contributed by atoms with Gasteiger partial charge in [0.05, 0.1) is 0 Å². The fourth-order valence-electron chi connectivity index (χ4n) is 3.04. The van der Waals surface area contributed by atoms with Crippen LogP contribution in [0.4, 0.5) is 0 Å². The minimum absolute atomic E-state index is 0.633. The summed E-state index contributed by atoms with van der Waals surface area (Å²) in [5.41, 5.74) is 1.44. The molecule has 0 aromatic heterocycles. The molecule has 1 aromatic carbocycles. The second-order valence-electron chi connectivity index (χ2n) is 5.95. The van der Waals surface area contributed by atoms with Gasteiger partial charge < -0.3 is 5.32 Å². The summed E-state index contributed by atoms with van der Waals surface area (Å²) in [4.78, 5) is 1.42. The van der Waals surface area contributed by atoms with Crippen LogP contribution < -0.4 is 5.32 Å². The van der Waals surface area contributed by atoms with Crippen molar-refractivity contribution in [2.45, 2.75) is 56.4 Å². The Morgan fingerprint density at radius 2 is 1.95 bits per heavy atom. The van der Waals surface area contributed by atoms with E-state index in [1.54, 1.807) is 0 Å². The zero-order valence-electron chi connectivity index (χ0n) is 12.5. The summed E-state index contributed by atoms with van der Waals surface area (Å²) in [5, 5.41) is 3.47. The van der Waals surface area contributed by atoms with Crippen molar-refractivity contribution in [3.05, 3.63) is 29.8 Å². The Labute approximate surface area is 122 Å². The molecule has 0 saturated heterocycles. The average molecular weight is 277 g/mol. The second-order valence-corrected chi connectivity index (χ2v) is 7.12. The quantitative estimate of drug-likeness (QED) is 0.758. The van der Waals surface area contributed by atoms with Crippen LogP contribution in [0.3, 0.4) is 0 Å². The monoisotopic (exact) mass is 277 g/mol. The van der Waals surface area contributed by atoms with Crippen molar-refractivity contribution in [2.24, 2.45) is 5.92 Å². The maximum Gasteiger partial charge on any atom is 0.00926 e. The van der Waals surface area contributed by atoms with E-state index in [1.165, 1.54) is 41.9 Å². The molecule has 2 unspecified atom stereocenters. The molecule has 0 aliphatic heterocycles. The summed E-state index contributed by atoms with van der Waals surface area (Å²) < 4.78 is 0. The summed E-state index contributed by atoms with van der Waals surface area (Å²) in [6.45, 7) is 4.50. The van der Waals surface area contributed by atoms with Gasteiger partial charge in [-0.3, -0.25) is 0 Å². The van der Waals surface area contributed by atoms with Gasteiger partial charge in [0.15, 0.2) is 0 Å². The van der Waals surface area contributed by atoms with E-state index in [9.17, 15) is 0 Å². The summed E-state index contributed by atoms with van der Waals surface area (Å²) in [6.07, 6.45) is 5.54. The van der Waals surface area contributed by atoms with Crippen molar-refractivity contribution in [3.63, 3.8) is 0 Å². The molecule has 0 amide bonds. The van der Waals surface area contributed by atoms with Crippen LogP contribution in [0.1, 0.15) is 51.0 Å². The number of hydrogen-bond acceptors (Lipinski definition) is 2. The van der Waals surface area contributed by atoms with Crippen LogP contribution in [-0.2, 0) is 0 Å². The zero-order valence-corrected chi connectivity index (χ0v) is 13.3.